The Morgan fingerprint density at radius 1 is 1.31 bits per heavy atom. The number of likely N-dealkylation sites (tertiary alicyclic amines) is 1. The summed E-state index contributed by atoms with van der Waals surface area (Å²) in [7, 11) is 0. The molecule has 1 N–H and O–H groups in total. The smallest absolute Gasteiger partial charge is 0.341 e. The molecule has 0 spiro atoms. The predicted molar refractivity (Wildman–Crippen MR) is 106 cm³/mol. The van der Waals surface area contributed by atoms with Gasteiger partial charge in [-0.05, 0) is 61.9 Å². The average Bonchev–Trinajstić information content (AvgIpc) is 2.62. The largest absolute Gasteiger partial charge is 0.507 e. The highest BCUT2D eigenvalue weighted by atomic mass is 16.5. The van der Waals surface area contributed by atoms with Crippen molar-refractivity contribution in [3.8, 4) is 5.75 Å². The Hall–Kier alpha value is -1.55. The lowest BCUT2D eigenvalue weighted by Crippen LogP contribution is -2.47. The third-order valence-electron chi connectivity index (χ3n) is 6.05. The lowest BCUT2D eigenvalue weighted by molar-refractivity contribution is 0.0523. The van der Waals surface area contributed by atoms with Gasteiger partial charge in [-0.15, -0.1) is 0 Å². The molecule has 0 saturated carbocycles. The Bertz CT molecular complexity index is 601. The highest BCUT2D eigenvalue weighted by Crippen LogP contribution is 2.41. The Morgan fingerprint density at radius 3 is 2.69 bits per heavy atom. The molecule has 2 rings (SSSR count). The molecule has 1 saturated heterocycles. The first-order chi connectivity index (χ1) is 12.4. The van der Waals surface area contributed by atoms with Gasteiger partial charge in [0.2, 0.25) is 0 Å². The summed E-state index contributed by atoms with van der Waals surface area (Å²) < 4.78 is 5.00. The number of piperidine rings is 1. The van der Waals surface area contributed by atoms with Gasteiger partial charge in [-0.2, -0.15) is 0 Å². The van der Waals surface area contributed by atoms with Crippen LogP contribution in [0.1, 0.15) is 75.7 Å². The molecule has 0 amide bonds. The molecule has 1 aliphatic heterocycles. The molecule has 0 unspecified atom stereocenters. The van der Waals surface area contributed by atoms with E-state index in [0.29, 0.717) is 12.5 Å². The van der Waals surface area contributed by atoms with Crippen LogP contribution in [-0.4, -0.2) is 42.2 Å². The van der Waals surface area contributed by atoms with Crippen LogP contribution in [0, 0.1) is 5.92 Å². The molecule has 0 aliphatic carbocycles. The van der Waals surface area contributed by atoms with Crippen LogP contribution in [0.3, 0.4) is 0 Å². The minimum absolute atomic E-state index is 0.0184. The number of phenols is 1. The molecule has 4 nitrogen and oxygen atoms in total. The highest BCUT2D eigenvalue weighted by Gasteiger charge is 2.38. The maximum Gasteiger partial charge on any atom is 0.341 e. The standard InChI is InChI=1S/C22H35NO3/c1-5-7-8-9-13-23-14-12-22(4,17(3)16-23)18-10-11-19(20(24)15-18)21(25)26-6-2/h10-11,15,17,24H,5-9,12-14,16H2,1-4H3/t17-,22-/m0/s1. The fourth-order valence-electron chi connectivity index (χ4n) is 3.98. The van der Waals surface area contributed by atoms with E-state index in [9.17, 15) is 9.90 Å². The average molecular weight is 362 g/mol. The van der Waals surface area contributed by atoms with E-state index in [2.05, 4.69) is 25.7 Å². The van der Waals surface area contributed by atoms with Crippen LogP contribution < -0.4 is 0 Å². The van der Waals surface area contributed by atoms with Crippen molar-refractivity contribution in [1.29, 1.82) is 0 Å². The van der Waals surface area contributed by atoms with Crippen LogP contribution in [0.5, 0.6) is 5.75 Å². The van der Waals surface area contributed by atoms with Crippen LogP contribution in [0.25, 0.3) is 0 Å². The molecule has 0 aromatic heterocycles. The van der Waals surface area contributed by atoms with Crippen LogP contribution in [0.2, 0.25) is 0 Å². The van der Waals surface area contributed by atoms with Gasteiger partial charge in [-0.3, -0.25) is 0 Å². The first kappa shape index (κ1) is 20.8. The zero-order valence-corrected chi connectivity index (χ0v) is 16.9. The Labute approximate surface area is 158 Å². The lowest BCUT2D eigenvalue weighted by atomic mass is 9.68. The van der Waals surface area contributed by atoms with Crippen LogP contribution in [0.15, 0.2) is 18.2 Å². The van der Waals surface area contributed by atoms with Crippen molar-refractivity contribution in [2.24, 2.45) is 5.92 Å². The number of aromatic hydroxyl groups is 1. The maximum absolute atomic E-state index is 11.9. The van der Waals surface area contributed by atoms with Gasteiger partial charge in [-0.1, -0.05) is 46.1 Å². The Morgan fingerprint density at radius 2 is 2.08 bits per heavy atom. The second-order valence-electron chi connectivity index (χ2n) is 7.88. The molecule has 0 bridgehead atoms. The molecule has 1 aromatic carbocycles. The molecule has 4 heteroatoms. The van der Waals surface area contributed by atoms with E-state index < -0.39 is 5.97 Å². The summed E-state index contributed by atoms with van der Waals surface area (Å²) in [5.74, 6) is 0.0586. The Kier molecular flexibility index (Phi) is 7.51. The lowest BCUT2D eigenvalue weighted by Gasteiger charge is -2.45. The molecule has 26 heavy (non-hydrogen) atoms. The fraction of sp³-hybridized carbons (Fsp3) is 0.682. The number of ether oxygens (including phenoxy) is 1. The second-order valence-corrected chi connectivity index (χ2v) is 7.88. The van der Waals surface area contributed by atoms with Crippen molar-refractivity contribution in [1.82, 2.24) is 4.90 Å². The molecule has 146 valence electrons. The number of esters is 1. The van der Waals surface area contributed by atoms with Crippen molar-refractivity contribution >= 4 is 5.97 Å². The molecular formula is C22H35NO3. The quantitative estimate of drug-likeness (QED) is 0.536. The number of hydrogen-bond acceptors (Lipinski definition) is 4. The van der Waals surface area contributed by atoms with E-state index in [-0.39, 0.29) is 16.7 Å². The van der Waals surface area contributed by atoms with Crippen molar-refractivity contribution in [3.05, 3.63) is 29.3 Å². The Balaban J connectivity index is 2.04. The summed E-state index contributed by atoms with van der Waals surface area (Å²) in [6.07, 6.45) is 6.28. The van der Waals surface area contributed by atoms with E-state index in [0.717, 1.165) is 25.1 Å². The summed E-state index contributed by atoms with van der Waals surface area (Å²) >= 11 is 0. The van der Waals surface area contributed by atoms with Crippen molar-refractivity contribution in [3.63, 3.8) is 0 Å². The van der Waals surface area contributed by atoms with E-state index in [1.54, 1.807) is 19.1 Å². The van der Waals surface area contributed by atoms with Gasteiger partial charge < -0.3 is 14.7 Å². The second kappa shape index (κ2) is 9.40. The zero-order chi connectivity index (χ0) is 19.2. The fourth-order valence-corrected chi connectivity index (χ4v) is 3.98. The number of unbranched alkanes of at least 4 members (excludes halogenated alkanes) is 3. The molecule has 1 aromatic rings. The van der Waals surface area contributed by atoms with Gasteiger partial charge in [0, 0.05) is 6.54 Å². The van der Waals surface area contributed by atoms with Crippen LogP contribution >= 0.6 is 0 Å². The van der Waals surface area contributed by atoms with E-state index in [4.69, 9.17) is 4.74 Å². The highest BCUT2D eigenvalue weighted by molar-refractivity contribution is 5.92. The number of benzene rings is 1. The van der Waals surface area contributed by atoms with Crippen molar-refractivity contribution in [2.75, 3.05) is 26.2 Å². The van der Waals surface area contributed by atoms with Gasteiger partial charge in [0.25, 0.3) is 0 Å². The van der Waals surface area contributed by atoms with Crippen molar-refractivity contribution < 1.29 is 14.6 Å². The number of phenolic OH excluding ortho intramolecular Hbond substituents is 1. The topological polar surface area (TPSA) is 49.8 Å². The summed E-state index contributed by atoms with van der Waals surface area (Å²) in [6, 6.07) is 5.46. The molecule has 2 atom stereocenters. The number of carbonyl (C=O) groups excluding carboxylic acids is 1. The molecule has 1 aliphatic rings. The summed E-state index contributed by atoms with van der Waals surface area (Å²) in [4.78, 5) is 14.5. The van der Waals surface area contributed by atoms with Gasteiger partial charge in [0.05, 0.1) is 6.61 Å². The van der Waals surface area contributed by atoms with Crippen molar-refractivity contribution in [2.45, 2.75) is 65.2 Å². The van der Waals surface area contributed by atoms with Gasteiger partial charge >= 0.3 is 5.97 Å². The molecule has 0 radical (unpaired) electrons. The normalized spacial score (nSPS) is 23.8. The van der Waals surface area contributed by atoms with E-state index in [1.807, 2.05) is 6.07 Å². The molecule has 1 heterocycles. The third kappa shape index (κ3) is 4.79. The summed E-state index contributed by atoms with van der Waals surface area (Å²) in [5, 5.41) is 10.3. The first-order valence-corrected chi connectivity index (χ1v) is 10.1. The maximum atomic E-state index is 11.9. The number of rotatable bonds is 8. The van der Waals surface area contributed by atoms with E-state index in [1.165, 1.54) is 32.2 Å². The van der Waals surface area contributed by atoms with Gasteiger partial charge in [0.1, 0.15) is 11.3 Å². The zero-order valence-electron chi connectivity index (χ0n) is 16.9. The first-order valence-electron chi connectivity index (χ1n) is 10.1. The minimum atomic E-state index is -0.461. The molecule has 1 fully saturated rings. The molecular weight excluding hydrogens is 326 g/mol. The van der Waals surface area contributed by atoms with Gasteiger partial charge in [0.15, 0.2) is 0 Å². The van der Waals surface area contributed by atoms with E-state index >= 15 is 0 Å². The van der Waals surface area contributed by atoms with Gasteiger partial charge in [-0.25, -0.2) is 4.79 Å². The summed E-state index contributed by atoms with van der Waals surface area (Å²) in [6.45, 7) is 12.3. The predicted octanol–water partition coefficient (Wildman–Crippen LogP) is 4.75. The SMILES string of the molecule is CCCCCCN1CC[C@](C)(c2ccc(C(=O)OCC)c(O)c2)[C@@H](C)C1. The third-order valence-corrected chi connectivity index (χ3v) is 6.05. The number of hydrogen-bond donors (Lipinski definition) is 1. The van der Waals surface area contributed by atoms with Crippen LogP contribution in [0.4, 0.5) is 0 Å². The monoisotopic (exact) mass is 361 g/mol. The number of nitrogens with zero attached hydrogens (tertiary/aromatic N) is 1. The van der Waals surface area contributed by atoms with Crippen LogP contribution in [-0.2, 0) is 10.2 Å². The number of carbonyl (C=O) groups is 1. The minimum Gasteiger partial charge on any atom is -0.507 e. The summed E-state index contributed by atoms with van der Waals surface area (Å²) in [5.41, 5.74) is 1.38.